The molecule has 0 atom stereocenters. The third-order valence-corrected chi connectivity index (χ3v) is 5.56. The van der Waals surface area contributed by atoms with Crippen molar-refractivity contribution in [3.8, 4) is 0 Å². The monoisotopic (exact) mass is 460 g/mol. The summed E-state index contributed by atoms with van der Waals surface area (Å²) < 4.78 is 0. The van der Waals surface area contributed by atoms with Crippen LogP contribution in [0.1, 0.15) is 43.0 Å². The van der Waals surface area contributed by atoms with Crippen molar-refractivity contribution in [1.29, 1.82) is 0 Å². The minimum Gasteiger partial charge on any atom is -0.507 e. The van der Waals surface area contributed by atoms with Gasteiger partial charge in [-0.05, 0) is 17.5 Å². The van der Waals surface area contributed by atoms with Crippen LogP contribution in [-0.4, -0.2) is 21.8 Å². The quantitative estimate of drug-likeness (QED) is 0.171. The largest absolute Gasteiger partial charge is 0.507 e. The number of carbonyl (C=O) groups is 2. The van der Waals surface area contributed by atoms with Crippen molar-refractivity contribution in [3.63, 3.8) is 0 Å². The van der Waals surface area contributed by atoms with E-state index >= 15 is 0 Å². The van der Waals surface area contributed by atoms with Gasteiger partial charge >= 0.3 is 0 Å². The van der Waals surface area contributed by atoms with Gasteiger partial charge in [0.05, 0.1) is 0 Å². The van der Waals surface area contributed by atoms with Gasteiger partial charge in [0.15, 0.2) is 11.6 Å². The minimum absolute atomic E-state index is 0.0683. The summed E-state index contributed by atoms with van der Waals surface area (Å²) in [7, 11) is 0. The van der Waals surface area contributed by atoms with Gasteiger partial charge in [0.25, 0.3) is 0 Å². The Morgan fingerprint density at radius 2 is 0.829 bits per heavy atom. The Labute approximate surface area is 204 Å². The number of hydrogen-bond donors (Lipinski definition) is 2. The molecule has 0 aromatic heterocycles. The molecule has 4 nitrogen and oxygen atoms in total. The summed E-state index contributed by atoms with van der Waals surface area (Å²) in [6, 6.07) is 32.3. The maximum absolute atomic E-state index is 12.5. The normalized spacial score (nSPS) is 11.8. The number of rotatable bonds is 8. The lowest BCUT2D eigenvalue weighted by Gasteiger charge is -2.05. The molecule has 0 radical (unpaired) electrons. The van der Waals surface area contributed by atoms with Gasteiger partial charge in [0, 0.05) is 34.4 Å². The number of ketones is 2. The van der Waals surface area contributed by atoms with E-state index in [1.54, 1.807) is 72.8 Å². The van der Waals surface area contributed by atoms with Gasteiger partial charge in [0.2, 0.25) is 0 Å². The Hall–Kier alpha value is -4.70. The molecule has 0 aliphatic carbocycles. The van der Waals surface area contributed by atoms with E-state index < -0.39 is 0 Å². The molecule has 4 rings (SSSR count). The highest BCUT2D eigenvalue weighted by Gasteiger charge is 2.08. The zero-order valence-electron chi connectivity index (χ0n) is 19.0. The first kappa shape index (κ1) is 23.5. The Morgan fingerprint density at radius 1 is 0.486 bits per heavy atom. The summed E-state index contributed by atoms with van der Waals surface area (Å²) in [5.41, 5.74) is 4.18. The first-order valence-electron chi connectivity index (χ1n) is 11.2. The van der Waals surface area contributed by atoms with Crippen molar-refractivity contribution in [3.05, 3.63) is 155 Å². The molecule has 0 amide bonds. The zero-order valence-corrected chi connectivity index (χ0v) is 19.0. The van der Waals surface area contributed by atoms with Gasteiger partial charge in [-0.3, -0.25) is 9.59 Å². The van der Waals surface area contributed by atoms with Crippen molar-refractivity contribution in [2.75, 3.05) is 0 Å². The Morgan fingerprint density at radius 3 is 1.17 bits per heavy atom. The van der Waals surface area contributed by atoms with Crippen LogP contribution < -0.4 is 0 Å². The number of aliphatic hydroxyl groups excluding tert-OH is 2. The number of aliphatic hydroxyl groups is 2. The van der Waals surface area contributed by atoms with E-state index in [0.717, 1.165) is 11.1 Å². The van der Waals surface area contributed by atoms with Crippen molar-refractivity contribution < 1.29 is 19.8 Å². The summed E-state index contributed by atoms with van der Waals surface area (Å²) in [5.74, 6) is -0.678. The van der Waals surface area contributed by atoms with Crippen molar-refractivity contribution in [2.24, 2.45) is 0 Å². The van der Waals surface area contributed by atoms with Crippen LogP contribution in [0, 0.1) is 0 Å². The molecule has 0 fully saturated rings. The summed E-state index contributed by atoms with van der Waals surface area (Å²) in [5, 5.41) is 20.3. The zero-order chi connectivity index (χ0) is 24.6. The number of carbonyl (C=O) groups excluding carboxylic acids is 2. The Balaban J connectivity index is 1.39. The molecule has 4 heteroatoms. The molecule has 4 aromatic carbocycles. The fourth-order valence-electron chi connectivity index (χ4n) is 3.61. The molecule has 0 unspecified atom stereocenters. The minimum atomic E-state index is -0.271. The lowest BCUT2D eigenvalue weighted by Crippen LogP contribution is -1.99. The van der Waals surface area contributed by atoms with Gasteiger partial charge in [-0.15, -0.1) is 0 Å². The van der Waals surface area contributed by atoms with E-state index in [4.69, 9.17) is 0 Å². The van der Waals surface area contributed by atoms with Crippen LogP contribution in [0.3, 0.4) is 0 Å². The Kier molecular flexibility index (Phi) is 7.34. The smallest absolute Gasteiger partial charge is 0.189 e. The first-order valence-corrected chi connectivity index (χ1v) is 11.2. The van der Waals surface area contributed by atoms with Crippen LogP contribution in [0.2, 0.25) is 0 Å². The predicted molar refractivity (Wildman–Crippen MR) is 138 cm³/mol. The van der Waals surface area contributed by atoms with Gasteiger partial charge in [-0.2, -0.15) is 0 Å². The summed E-state index contributed by atoms with van der Waals surface area (Å²) >= 11 is 0. The molecule has 172 valence electrons. The van der Waals surface area contributed by atoms with Gasteiger partial charge in [-0.25, -0.2) is 0 Å². The molecule has 2 N–H and O–H groups in total. The maximum Gasteiger partial charge on any atom is 0.189 e. The van der Waals surface area contributed by atoms with Gasteiger partial charge < -0.3 is 10.2 Å². The SMILES string of the molecule is O=C(/C=C(\O)c1ccccc1)c1ccc(Cc2ccc(C(=O)/C=C(\O)c3ccccc3)cc2)cc1. The molecule has 0 saturated heterocycles. The number of benzene rings is 4. The molecular formula is C31H24O4. The second kappa shape index (κ2) is 10.9. The summed E-state index contributed by atoms with van der Waals surface area (Å²) in [6.45, 7) is 0. The van der Waals surface area contributed by atoms with Crippen molar-refractivity contribution >= 4 is 23.1 Å². The first-order chi connectivity index (χ1) is 17.0. The third-order valence-electron chi connectivity index (χ3n) is 5.56. The molecule has 0 aliphatic heterocycles. The van der Waals surface area contributed by atoms with E-state index in [-0.39, 0.29) is 23.1 Å². The molecule has 0 spiro atoms. The number of allylic oxidation sites excluding steroid dienone is 2. The highest BCUT2D eigenvalue weighted by molar-refractivity contribution is 6.08. The van der Waals surface area contributed by atoms with Crippen LogP contribution in [-0.2, 0) is 6.42 Å². The molecule has 0 aliphatic rings. The van der Waals surface area contributed by atoms with Gasteiger partial charge in [0.1, 0.15) is 11.5 Å². The van der Waals surface area contributed by atoms with Gasteiger partial charge in [-0.1, -0.05) is 109 Å². The third kappa shape index (κ3) is 6.21. The maximum atomic E-state index is 12.5. The average Bonchev–Trinajstić information content (AvgIpc) is 2.90. The van der Waals surface area contributed by atoms with Crippen LogP contribution in [0.5, 0.6) is 0 Å². The molecule has 4 aromatic rings. The standard InChI is InChI=1S/C31H24O4/c32-28(24-7-3-1-4-8-24)20-30(34)26-15-11-22(12-16-26)19-23-13-17-27(18-14-23)31(35)21-29(33)25-9-5-2-6-10-25/h1-18,20-21,32-33H,19H2/b28-20-,29-21-. The molecule has 0 heterocycles. The van der Waals surface area contributed by atoms with E-state index in [1.165, 1.54) is 12.2 Å². The lowest BCUT2D eigenvalue weighted by molar-refractivity contribution is 0.103. The van der Waals surface area contributed by atoms with Crippen LogP contribution in [0.25, 0.3) is 11.5 Å². The number of hydrogen-bond acceptors (Lipinski definition) is 4. The fraction of sp³-hybridized carbons (Fsp3) is 0.0323. The highest BCUT2D eigenvalue weighted by atomic mass is 16.3. The molecular weight excluding hydrogens is 436 g/mol. The van der Waals surface area contributed by atoms with E-state index in [9.17, 15) is 19.8 Å². The van der Waals surface area contributed by atoms with E-state index in [2.05, 4.69) is 0 Å². The topological polar surface area (TPSA) is 74.6 Å². The average molecular weight is 461 g/mol. The van der Waals surface area contributed by atoms with Crippen LogP contribution in [0.15, 0.2) is 121 Å². The highest BCUT2D eigenvalue weighted by Crippen LogP contribution is 2.17. The molecule has 35 heavy (non-hydrogen) atoms. The van der Waals surface area contributed by atoms with Crippen LogP contribution >= 0.6 is 0 Å². The summed E-state index contributed by atoms with van der Waals surface area (Å²) in [6.07, 6.45) is 3.09. The fourth-order valence-corrected chi connectivity index (χ4v) is 3.61. The van der Waals surface area contributed by atoms with Crippen molar-refractivity contribution in [1.82, 2.24) is 0 Å². The lowest BCUT2D eigenvalue weighted by atomic mass is 10.00. The second-order valence-corrected chi connectivity index (χ2v) is 8.09. The molecule has 0 bridgehead atoms. The van der Waals surface area contributed by atoms with E-state index in [1.807, 2.05) is 36.4 Å². The summed E-state index contributed by atoms with van der Waals surface area (Å²) in [4.78, 5) is 25.0. The van der Waals surface area contributed by atoms with E-state index in [0.29, 0.717) is 28.7 Å². The predicted octanol–water partition coefficient (Wildman–Crippen LogP) is 6.84. The molecule has 0 saturated carbocycles. The second-order valence-electron chi connectivity index (χ2n) is 8.09. The van der Waals surface area contributed by atoms with Crippen LogP contribution in [0.4, 0.5) is 0 Å². The Bertz CT molecular complexity index is 1260. The van der Waals surface area contributed by atoms with Crippen molar-refractivity contribution in [2.45, 2.75) is 6.42 Å².